The van der Waals surface area contributed by atoms with E-state index in [4.69, 9.17) is 17.0 Å². The highest BCUT2D eigenvalue weighted by molar-refractivity contribution is 7.80. The van der Waals surface area contributed by atoms with Crippen LogP contribution in [0.3, 0.4) is 0 Å². The van der Waals surface area contributed by atoms with Crippen LogP contribution in [-0.2, 0) is 25.3 Å². The number of amides is 5. The van der Waals surface area contributed by atoms with E-state index < -0.39 is 34.8 Å². The van der Waals surface area contributed by atoms with Crippen molar-refractivity contribution >= 4 is 58.3 Å². The summed E-state index contributed by atoms with van der Waals surface area (Å²) in [5.74, 6) is -0.686. The predicted molar refractivity (Wildman–Crippen MR) is 209 cm³/mol. The summed E-state index contributed by atoms with van der Waals surface area (Å²) >= 11 is 5.73. The Balaban J connectivity index is 0.941. The standard InChI is InChI=1S/C39H46F3N9O5S/c1-24-22-47(23-25(2)48(24)15-13-33(52)45-27-6-12-32(44-21-27)49-16-14-34(53)46-36(49)55)17-18-56-30-10-8-28(9-11-30)51-37(57)50(35(54)38(51,3)4)29-7-5-26(20-43)31(19-29)39(40,41)42/h5-7,12-13,15,19,21,24-25,28,30H,8-11,14,16-18,22-23H2,1-4H3,(H,45,52)(H,46,53,55)/t24-,25+,28?,30?. The van der Waals surface area contributed by atoms with Crippen molar-refractivity contribution in [1.82, 2.24) is 25.0 Å². The average Bonchev–Trinajstić information content (AvgIpc) is 3.33. The van der Waals surface area contributed by atoms with Crippen LogP contribution in [0.2, 0.25) is 0 Å². The lowest BCUT2D eigenvalue weighted by atomic mass is 9.89. The number of imide groups is 1. The number of hydrogen-bond acceptors (Lipinski definition) is 10. The first-order chi connectivity index (χ1) is 27.0. The molecule has 3 saturated heterocycles. The first-order valence-electron chi connectivity index (χ1n) is 18.9. The third-order valence-corrected chi connectivity index (χ3v) is 11.4. The molecule has 2 aromatic rings. The molecular formula is C39H46F3N9O5S. The molecule has 304 valence electrons. The van der Waals surface area contributed by atoms with E-state index in [1.807, 2.05) is 4.90 Å². The van der Waals surface area contributed by atoms with Gasteiger partial charge in [-0.15, -0.1) is 0 Å². The van der Waals surface area contributed by atoms with Gasteiger partial charge in [-0.25, -0.2) is 9.78 Å². The summed E-state index contributed by atoms with van der Waals surface area (Å²) in [6.07, 6.45) is 3.09. The highest BCUT2D eigenvalue weighted by Gasteiger charge is 2.52. The minimum absolute atomic E-state index is 0.0147. The van der Waals surface area contributed by atoms with Gasteiger partial charge in [0.25, 0.3) is 5.91 Å². The van der Waals surface area contributed by atoms with Gasteiger partial charge >= 0.3 is 12.2 Å². The van der Waals surface area contributed by atoms with E-state index >= 15 is 0 Å². The molecule has 3 aliphatic heterocycles. The molecule has 14 nitrogen and oxygen atoms in total. The number of benzene rings is 1. The van der Waals surface area contributed by atoms with Gasteiger partial charge in [-0.1, -0.05) is 0 Å². The summed E-state index contributed by atoms with van der Waals surface area (Å²) in [5, 5.41) is 14.4. The van der Waals surface area contributed by atoms with Crippen LogP contribution >= 0.6 is 12.2 Å². The third-order valence-electron chi connectivity index (χ3n) is 11.0. The number of rotatable bonds is 10. The number of hydrogen-bond donors (Lipinski definition) is 2. The number of carbonyl (C=O) groups excluding carboxylic acids is 4. The molecule has 18 heteroatoms. The Labute approximate surface area is 334 Å². The maximum atomic E-state index is 13.7. The molecule has 0 unspecified atom stereocenters. The third kappa shape index (κ3) is 9.05. The number of nitrogens with zero attached hydrogens (tertiary/aromatic N) is 7. The molecule has 1 aromatic heterocycles. The summed E-state index contributed by atoms with van der Waals surface area (Å²) < 4.78 is 47.5. The van der Waals surface area contributed by atoms with E-state index in [9.17, 15) is 37.6 Å². The van der Waals surface area contributed by atoms with Gasteiger partial charge in [-0.3, -0.25) is 34.4 Å². The SMILES string of the molecule is C[C@@H]1CN(CCOC2CCC(N3C(=S)N(c4ccc(C#N)c(C(F)(F)F)c4)C(=O)C3(C)C)CC2)C[C@H](C)N1C=CC(=O)Nc1ccc(N2CCC(=O)NC2=O)nc1. The van der Waals surface area contributed by atoms with E-state index in [0.29, 0.717) is 31.0 Å². The Morgan fingerprint density at radius 3 is 2.42 bits per heavy atom. The van der Waals surface area contributed by atoms with Crippen LogP contribution in [0.1, 0.15) is 70.9 Å². The fourth-order valence-corrected chi connectivity index (χ4v) is 8.70. The molecule has 5 amide bonds. The van der Waals surface area contributed by atoms with E-state index in [-0.39, 0.29) is 59.8 Å². The lowest BCUT2D eigenvalue weighted by Crippen LogP contribution is -2.55. The van der Waals surface area contributed by atoms with Crippen molar-refractivity contribution in [2.75, 3.05) is 47.9 Å². The second-order valence-corrected chi connectivity index (χ2v) is 15.7. The van der Waals surface area contributed by atoms with Crippen molar-refractivity contribution < 1.29 is 37.1 Å². The Bertz CT molecular complexity index is 1950. The minimum atomic E-state index is -4.76. The van der Waals surface area contributed by atoms with Crippen molar-refractivity contribution in [3.63, 3.8) is 0 Å². The zero-order valence-electron chi connectivity index (χ0n) is 32.2. The summed E-state index contributed by atoms with van der Waals surface area (Å²) in [5.41, 5.74) is -2.25. The van der Waals surface area contributed by atoms with Crippen LogP contribution in [0.15, 0.2) is 48.8 Å². The van der Waals surface area contributed by atoms with Crippen LogP contribution in [0.25, 0.3) is 0 Å². The molecule has 1 aliphatic carbocycles. The summed E-state index contributed by atoms with van der Waals surface area (Å²) in [6, 6.07) is 7.69. The van der Waals surface area contributed by atoms with Crippen molar-refractivity contribution in [3.8, 4) is 6.07 Å². The summed E-state index contributed by atoms with van der Waals surface area (Å²) in [4.78, 5) is 63.0. The van der Waals surface area contributed by atoms with E-state index in [1.165, 1.54) is 23.2 Å². The zero-order chi connectivity index (χ0) is 41.2. The van der Waals surface area contributed by atoms with E-state index in [1.54, 1.807) is 38.2 Å². The summed E-state index contributed by atoms with van der Waals surface area (Å²) in [7, 11) is 0. The molecule has 1 saturated carbocycles. The molecule has 57 heavy (non-hydrogen) atoms. The van der Waals surface area contributed by atoms with Crippen molar-refractivity contribution in [2.45, 2.75) is 95.7 Å². The minimum Gasteiger partial charge on any atom is -0.377 e. The Kier molecular flexibility index (Phi) is 12.2. The Morgan fingerprint density at radius 1 is 1.11 bits per heavy atom. The summed E-state index contributed by atoms with van der Waals surface area (Å²) in [6.45, 7) is 10.7. The number of alkyl halides is 3. The normalized spacial score (nSPS) is 24.6. The van der Waals surface area contributed by atoms with Gasteiger partial charge in [0.15, 0.2) is 5.11 Å². The number of urea groups is 1. The van der Waals surface area contributed by atoms with Crippen molar-refractivity contribution in [2.24, 2.45) is 0 Å². The lowest BCUT2D eigenvalue weighted by Gasteiger charge is -2.44. The number of aromatic nitrogens is 1. The molecule has 0 spiro atoms. The first kappa shape index (κ1) is 41.5. The van der Waals surface area contributed by atoms with Crippen LogP contribution in [-0.4, -0.2) is 111 Å². The number of thiocarbonyl (C=S) groups is 1. The maximum absolute atomic E-state index is 13.7. The number of ether oxygens (including phenoxy) is 1. The van der Waals surface area contributed by atoms with Gasteiger partial charge in [-0.05, 0) is 95.9 Å². The fraction of sp³-hybridized carbons (Fsp3) is 0.513. The van der Waals surface area contributed by atoms with Gasteiger partial charge in [-0.2, -0.15) is 18.4 Å². The maximum Gasteiger partial charge on any atom is 0.417 e. The number of piperazine rings is 1. The molecule has 4 heterocycles. The Hall–Kier alpha value is -5.12. The topological polar surface area (TPSA) is 154 Å². The first-order valence-corrected chi connectivity index (χ1v) is 19.4. The lowest BCUT2D eigenvalue weighted by molar-refractivity contribution is -0.137. The molecule has 4 fully saturated rings. The van der Waals surface area contributed by atoms with Gasteiger partial charge in [0, 0.05) is 63.0 Å². The largest absolute Gasteiger partial charge is 0.417 e. The molecule has 4 aliphatic rings. The van der Waals surface area contributed by atoms with E-state index in [0.717, 1.165) is 49.5 Å². The molecule has 6 rings (SSSR count). The fourth-order valence-electron chi connectivity index (χ4n) is 8.13. The zero-order valence-corrected chi connectivity index (χ0v) is 33.0. The highest BCUT2D eigenvalue weighted by atomic mass is 32.1. The quantitative estimate of drug-likeness (QED) is 0.246. The van der Waals surface area contributed by atoms with Crippen LogP contribution in [0.5, 0.6) is 0 Å². The number of halogens is 3. The smallest absolute Gasteiger partial charge is 0.377 e. The van der Waals surface area contributed by atoms with Crippen molar-refractivity contribution in [3.05, 3.63) is 59.9 Å². The van der Waals surface area contributed by atoms with Gasteiger partial charge in [0.05, 0.1) is 47.5 Å². The van der Waals surface area contributed by atoms with Crippen LogP contribution < -0.4 is 20.4 Å². The second-order valence-electron chi connectivity index (χ2n) is 15.4. The second kappa shape index (κ2) is 16.8. The number of nitriles is 1. The van der Waals surface area contributed by atoms with Crippen molar-refractivity contribution in [1.29, 1.82) is 5.26 Å². The molecule has 0 radical (unpaired) electrons. The number of anilines is 3. The Morgan fingerprint density at radius 2 is 1.81 bits per heavy atom. The number of nitrogens with one attached hydrogen (secondary N) is 2. The number of carbonyl (C=O) groups is 4. The van der Waals surface area contributed by atoms with Gasteiger partial charge < -0.3 is 19.9 Å². The highest BCUT2D eigenvalue weighted by Crippen LogP contribution is 2.40. The molecule has 2 N–H and O–H groups in total. The molecular weight excluding hydrogens is 764 g/mol. The molecule has 2 atom stereocenters. The monoisotopic (exact) mass is 809 g/mol. The number of pyridine rings is 1. The van der Waals surface area contributed by atoms with Gasteiger partial charge in [0.1, 0.15) is 11.4 Å². The van der Waals surface area contributed by atoms with Crippen LogP contribution in [0, 0.1) is 11.3 Å². The van der Waals surface area contributed by atoms with Crippen LogP contribution in [0.4, 0.5) is 35.2 Å². The average molecular weight is 810 g/mol. The predicted octanol–water partition coefficient (Wildman–Crippen LogP) is 5.01. The molecule has 1 aromatic carbocycles. The molecule has 0 bridgehead atoms. The van der Waals surface area contributed by atoms with Gasteiger partial charge in [0.2, 0.25) is 11.8 Å². The van der Waals surface area contributed by atoms with E-state index in [2.05, 4.69) is 39.3 Å².